The lowest BCUT2D eigenvalue weighted by Crippen LogP contribution is -2.50. The van der Waals surface area contributed by atoms with Gasteiger partial charge in [0.1, 0.15) is 5.82 Å². The van der Waals surface area contributed by atoms with Crippen molar-refractivity contribution in [2.75, 3.05) is 18.0 Å². The number of amides is 1. The number of carbonyl (C=O) groups is 1. The molecule has 1 aliphatic carbocycles. The Hall–Kier alpha value is -1.04. The summed E-state index contributed by atoms with van der Waals surface area (Å²) in [6.07, 6.45) is 5.87. The van der Waals surface area contributed by atoms with Gasteiger partial charge >= 0.3 is 0 Å². The molecule has 1 saturated carbocycles. The molecule has 2 aliphatic rings. The molecule has 0 bridgehead atoms. The second-order valence-corrected chi connectivity index (χ2v) is 7.35. The third-order valence-corrected chi connectivity index (χ3v) is 5.35. The Morgan fingerprint density at radius 1 is 1.23 bits per heavy atom. The minimum Gasteiger partial charge on any atom is -0.369 e. The number of nitrogens with zero attached hydrogens (tertiary/aromatic N) is 1. The summed E-state index contributed by atoms with van der Waals surface area (Å²) in [7, 11) is 0. The number of benzene rings is 1. The summed E-state index contributed by atoms with van der Waals surface area (Å²) < 4.78 is 13.3. The van der Waals surface area contributed by atoms with Crippen LogP contribution in [0.4, 0.5) is 10.1 Å². The number of hydrogen-bond donors (Lipinski definition) is 2. The second kappa shape index (κ2) is 10.3. The van der Waals surface area contributed by atoms with E-state index in [0.717, 1.165) is 62.9 Å². The van der Waals surface area contributed by atoms with Gasteiger partial charge in [0.25, 0.3) is 0 Å². The number of aryl methyl sites for hydroxylation is 1. The van der Waals surface area contributed by atoms with E-state index in [1.165, 1.54) is 6.07 Å². The first kappa shape index (κ1) is 23.0. The fraction of sp³-hybridized carbons (Fsp3) is 0.632. The van der Waals surface area contributed by atoms with Crippen LogP contribution in [0, 0.1) is 18.7 Å². The lowest BCUT2D eigenvalue weighted by atomic mass is 9.85. The Kier molecular flexibility index (Phi) is 9.14. The van der Waals surface area contributed by atoms with Crippen molar-refractivity contribution in [2.24, 2.45) is 11.7 Å². The average Bonchev–Trinajstić information content (AvgIpc) is 2.55. The zero-order valence-electron chi connectivity index (χ0n) is 15.2. The number of rotatable bonds is 3. The highest BCUT2D eigenvalue weighted by Crippen LogP contribution is 2.26. The number of carbonyl (C=O) groups excluding carboxylic acids is 1. The van der Waals surface area contributed by atoms with Gasteiger partial charge in [-0.05, 0) is 62.8 Å². The Labute approximate surface area is 167 Å². The van der Waals surface area contributed by atoms with E-state index in [9.17, 15) is 9.18 Å². The van der Waals surface area contributed by atoms with E-state index in [0.29, 0.717) is 0 Å². The molecular weight excluding hydrogens is 376 g/mol. The normalized spacial score (nSPS) is 25.7. The van der Waals surface area contributed by atoms with Gasteiger partial charge in [-0.3, -0.25) is 4.79 Å². The van der Waals surface area contributed by atoms with Crippen molar-refractivity contribution in [1.29, 1.82) is 0 Å². The number of nitrogens with two attached hydrogens (primary N) is 1. The first-order valence-corrected chi connectivity index (χ1v) is 9.10. The maximum absolute atomic E-state index is 13.3. The SMILES string of the molecule is Cc1cc(F)ccc1N1CCCC(NC(=O)C2CCCC(N)C2)C1.Cl.Cl. The van der Waals surface area contributed by atoms with Gasteiger partial charge in [0, 0.05) is 36.8 Å². The molecule has 3 atom stereocenters. The molecular formula is C19H30Cl2FN3O. The summed E-state index contributed by atoms with van der Waals surface area (Å²) in [6, 6.07) is 5.25. The number of halogens is 3. The van der Waals surface area contributed by atoms with E-state index in [-0.39, 0.29) is 54.5 Å². The van der Waals surface area contributed by atoms with E-state index < -0.39 is 0 Å². The van der Waals surface area contributed by atoms with Crippen LogP contribution >= 0.6 is 24.8 Å². The fourth-order valence-electron chi connectivity index (χ4n) is 4.07. The first-order chi connectivity index (χ1) is 11.5. The number of piperidine rings is 1. The highest BCUT2D eigenvalue weighted by Gasteiger charge is 2.28. The zero-order valence-corrected chi connectivity index (χ0v) is 16.9. The number of anilines is 1. The standard InChI is InChI=1S/C19H28FN3O.2ClH/c1-13-10-15(20)7-8-18(13)23-9-3-6-17(12-23)22-19(24)14-4-2-5-16(21)11-14;;/h7-8,10,14,16-17H,2-6,9,11-12,21H2,1H3,(H,22,24);2*1H. The predicted molar refractivity (Wildman–Crippen MR) is 109 cm³/mol. The highest BCUT2D eigenvalue weighted by molar-refractivity contribution is 5.85. The van der Waals surface area contributed by atoms with Crippen LogP contribution in [0.2, 0.25) is 0 Å². The Balaban J connectivity index is 0.00000169. The third-order valence-electron chi connectivity index (χ3n) is 5.35. The maximum atomic E-state index is 13.3. The predicted octanol–water partition coefficient (Wildman–Crippen LogP) is 3.58. The monoisotopic (exact) mass is 405 g/mol. The van der Waals surface area contributed by atoms with Crippen LogP contribution in [-0.4, -0.2) is 31.1 Å². The van der Waals surface area contributed by atoms with Crippen molar-refractivity contribution in [1.82, 2.24) is 5.32 Å². The molecule has 3 unspecified atom stereocenters. The molecule has 4 nitrogen and oxygen atoms in total. The molecule has 0 radical (unpaired) electrons. The molecule has 26 heavy (non-hydrogen) atoms. The van der Waals surface area contributed by atoms with Crippen LogP contribution in [-0.2, 0) is 4.79 Å². The number of hydrogen-bond acceptors (Lipinski definition) is 3. The van der Waals surface area contributed by atoms with Crippen molar-refractivity contribution < 1.29 is 9.18 Å². The lowest BCUT2D eigenvalue weighted by Gasteiger charge is -2.36. The maximum Gasteiger partial charge on any atom is 0.223 e. The summed E-state index contributed by atoms with van der Waals surface area (Å²) in [5.74, 6) is 0.0243. The number of nitrogens with one attached hydrogen (secondary N) is 1. The summed E-state index contributed by atoms with van der Waals surface area (Å²) in [5.41, 5.74) is 8.01. The third kappa shape index (κ3) is 5.73. The molecule has 148 valence electrons. The van der Waals surface area contributed by atoms with E-state index in [2.05, 4.69) is 10.2 Å². The van der Waals surface area contributed by atoms with Gasteiger partial charge < -0.3 is 16.0 Å². The van der Waals surface area contributed by atoms with E-state index in [4.69, 9.17) is 5.73 Å². The molecule has 3 rings (SSSR count). The van der Waals surface area contributed by atoms with Crippen LogP contribution in [0.1, 0.15) is 44.1 Å². The van der Waals surface area contributed by atoms with Crippen molar-refractivity contribution in [2.45, 2.75) is 57.5 Å². The van der Waals surface area contributed by atoms with Gasteiger partial charge in [0.2, 0.25) is 5.91 Å². The minimum absolute atomic E-state index is 0. The molecule has 1 saturated heterocycles. The molecule has 7 heteroatoms. The van der Waals surface area contributed by atoms with Crippen LogP contribution in [0.5, 0.6) is 0 Å². The summed E-state index contributed by atoms with van der Waals surface area (Å²) in [4.78, 5) is 14.8. The summed E-state index contributed by atoms with van der Waals surface area (Å²) >= 11 is 0. The molecule has 1 amide bonds. The molecule has 1 aromatic carbocycles. The highest BCUT2D eigenvalue weighted by atomic mass is 35.5. The van der Waals surface area contributed by atoms with Crippen molar-refractivity contribution in [3.05, 3.63) is 29.6 Å². The fourth-order valence-corrected chi connectivity index (χ4v) is 4.07. The van der Waals surface area contributed by atoms with E-state index in [1.54, 1.807) is 6.07 Å². The first-order valence-electron chi connectivity index (χ1n) is 9.10. The Bertz CT molecular complexity index is 602. The van der Waals surface area contributed by atoms with Crippen LogP contribution in [0.15, 0.2) is 18.2 Å². The average molecular weight is 406 g/mol. The van der Waals surface area contributed by atoms with Crippen LogP contribution in [0.3, 0.4) is 0 Å². The second-order valence-electron chi connectivity index (χ2n) is 7.35. The van der Waals surface area contributed by atoms with E-state index >= 15 is 0 Å². The molecule has 0 spiro atoms. The van der Waals surface area contributed by atoms with Gasteiger partial charge in [-0.1, -0.05) is 6.42 Å². The van der Waals surface area contributed by atoms with Crippen LogP contribution < -0.4 is 16.0 Å². The smallest absolute Gasteiger partial charge is 0.223 e. The van der Waals surface area contributed by atoms with Gasteiger partial charge in [-0.2, -0.15) is 0 Å². The molecule has 1 heterocycles. The Morgan fingerprint density at radius 3 is 2.69 bits per heavy atom. The van der Waals surface area contributed by atoms with Crippen molar-refractivity contribution in [3.8, 4) is 0 Å². The van der Waals surface area contributed by atoms with Gasteiger partial charge in [0.05, 0.1) is 0 Å². The van der Waals surface area contributed by atoms with Gasteiger partial charge in [-0.25, -0.2) is 4.39 Å². The summed E-state index contributed by atoms with van der Waals surface area (Å²) in [5, 5.41) is 3.23. The quantitative estimate of drug-likeness (QED) is 0.807. The summed E-state index contributed by atoms with van der Waals surface area (Å²) in [6.45, 7) is 3.67. The van der Waals surface area contributed by atoms with E-state index in [1.807, 2.05) is 13.0 Å². The lowest BCUT2D eigenvalue weighted by molar-refractivity contribution is -0.126. The largest absolute Gasteiger partial charge is 0.369 e. The van der Waals surface area contributed by atoms with Crippen LogP contribution in [0.25, 0.3) is 0 Å². The molecule has 1 aliphatic heterocycles. The zero-order chi connectivity index (χ0) is 17.1. The Morgan fingerprint density at radius 2 is 2.00 bits per heavy atom. The molecule has 1 aromatic rings. The van der Waals surface area contributed by atoms with Gasteiger partial charge in [-0.15, -0.1) is 24.8 Å². The molecule has 3 N–H and O–H groups in total. The van der Waals surface area contributed by atoms with Crippen molar-refractivity contribution >= 4 is 36.4 Å². The topological polar surface area (TPSA) is 58.4 Å². The molecule has 0 aromatic heterocycles. The van der Waals surface area contributed by atoms with Gasteiger partial charge in [0.15, 0.2) is 0 Å². The molecule has 2 fully saturated rings. The van der Waals surface area contributed by atoms with Crippen molar-refractivity contribution in [3.63, 3.8) is 0 Å². The minimum atomic E-state index is -0.202.